The Morgan fingerprint density at radius 2 is 2.31 bits per heavy atom. The van der Waals surface area contributed by atoms with Gasteiger partial charge in [-0.2, -0.15) is 0 Å². The van der Waals surface area contributed by atoms with Crippen LogP contribution in [-0.2, 0) is 0 Å². The van der Waals surface area contributed by atoms with Crippen LogP contribution in [0.2, 0.25) is 0 Å². The SMILES string of the molecule is CCNc1cnc2ncccc2c1. The zero-order valence-electron chi connectivity index (χ0n) is 7.49. The molecule has 3 heteroatoms. The van der Waals surface area contributed by atoms with Gasteiger partial charge in [0.05, 0.1) is 11.9 Å². The van der Waals surface area contributed by atoms with Crippen molar-refractivity contribution in [3.63, 3.8) is 0 Å². The van der Waals surface area contributed by atoms with E-state index in [2.05, 4.69) is 28.3 Å². The number of fused-ring (bicyclic) bond motifs is 1. The molecule has 0 aromatic carbocycles. The molecule has 0 radical (unpaired) electrons. The number of aromatic nitrogens is 2. The fraction of sp³-hybridized carbons (Fsp3) is 0.200. The first-order valence-corrected chi connectivity index (χ1v) is 4.35. The van der Waals surface area contributed by atoms with Gasteiger partial charge in [-0.1, -0.05) is 0 Å². The number of nitrogens with one attached hydrogen (secondary N) is 1. The lowest BCUT2D eigenvalue weighted by Crippen LogP contribution is -1.97. The number of nitrogens with zero attached hydrogens (tertiary/aromatic N) is 2. The molecule has 0 aliphatic rings. The van der Waals surface area contributed by atoms with Crippen molar-refractivity contribution in [1.29, 1.82) is 0 Å². The smallest absolute Gasteiger partial charge is 0.159 e. The molecule has 1 N–H and O–H groups in total. The van der Waals surface area contributed by atoms with Crippen LogP contribution in [0.1, 0.15) is 6.92 Å². The van der Waals surface area contributed by atoms with Gasteiger partial charge in [0.1, 0.15) is 0 Å². The molecule has 0 fully saturated rings. The second-order valence-electron chi connectivity index (χ2n) is 2.80. The summed E-state index contributed by atoms with van der Waals surface area (Å²) in [7, 11) is 0. The van der Waals surface area contributed by atoms with Crippen LogP contribution >= 0.6 is 0 Å². The monoisotopic (exact) mass is 173 g/mol. The third-order valence-corrected chi connectivity index (χ3v) is 1.83. The van der Waals surface area contributed by atoms with Crippen molar-refractivity contribution in [2.45, 2.75) is 6.92 Å². The highest BCUT2D eigenvalue weighted by atomic mass is 14.9. The van der Waals surface area contributed by atoms with E-state index < -0.39 is 0 Å². The maximum absolute atomic E-state index is 4.23. The Hall–Kier alpha value is -1.64. The molecule has 13 heavy (non-hydrogen) atoms. The third kappa shape index (κ3) is 1.59. The van der Waals surface area contributed by atoms with Crippen LogP contribution in [0, 0.1) is 0 Å². The Balaban J connectivity index is 2.49. The third-order valence-electron chi connectivity index (χ3n) is 1.83. The molecule has 0 saturated heterocycles. The summed E-state index contributed by atoms with van der Waals surface area (Å²) in [5.74, 6) is 0. The zero-order chi connectivity index (χ0) is 9.10. The minimum atomic E-state index is 0.796. The van der Waals surface area contributed by atoms with Crippen LogP contribution in [-0.4, -0.2) is 16.5 Å². The summed E-state index contributed by atoms with van der Waals surface area (Å²) in [4.78, 5) is 8.37. The Labute approximate surface area is 76.8 Å². The van der Waals surface area contributed by atoms with Gasteiger partial charge >= 0.3 is 0 Å². The summed E-state index contributed by atoms with van der Waals surface area (Å²) in [6.07, 6.45) is 3.56. The van der Waals surface area contributed by atoms with Crippen molar-refractivity contribution in [1.82, 2.24) is 9.97 Å². The average Bonchev–Trinajstić information content (AvgIpc) is 2.18. The fourth-order valence-corrected chi connectivity index (χ4v) is 1.27. The fourth-order valence-electron chi connectivity index (χ4n) is 1.27. The van der Waals surface area contributed by atoms with Crippen LogP contribution in [0.3, 0.4) is 0 Å². The van der Waals surface area contributed by atoms with Gasteiger partial charge in [0, 0.05) is 18.1 Å². The molecule has 2 heterocycles. The van der Waals surface area contributed by atoms with Crippen LogP contribution < -0.4 is 5.32 Å². The van der Waals surface area contributed by atoms with Gasteiger partial charge in [0.15, 0.2) is 5.65 Å². The van der Waals surface area contributed by atoms with Crippen molar-refractivity contribution < 1.29 is 0 Å². The van der Waals surface area contributed by atoms with Crippen molar-refractivity contribution in [3.8, 4) is 0 Å². The van der Waals surface area contributed by atoms with Crippen molar-refractivity contribution >= 4 is 16.7 Å². The quantitative estimate of drug-likeness (QED) is 0.755. The molecule has 3 nitrogen and oxygen atoms in total. The van der Waals surface area contributed by atoms with Crippen LogP contribution in [0.15, 0.2) is 30.6 Å². The highest BCUT2D eigenvalue weighted by Gasteiger charge is 1.95. The number of hydrogen-bond donors (Lipinski definition) is 1. The zero-order valence-corrected chi connectivity index (χ0v) is 7.49. The molecule has 0 spiro atoms. The maximum Gasteiger partial charge on any atom is 0.159 e. The molecule has 0 amide bonds. The molecule has 0 atom stereocenters. The predicted molar refractivity (Wildman–Crippen MR) is 53.7 cm³/mol. The lowest BCUT2D eigenvalue weighted by molar-refractivity contribution is 1.19. The van der Waals surface area contributed by atoms with Gasteiger partial charge in [0.2, 0.25) is 0 Å². The minimum absolute atomic E-state index is 0.796. The van der Waals surface area contributed by atoms with E-state index in [0.29, 0.717) is 0 Å². The van der Waals surface area contributed by atoms with E-state index in [4.69, 9.17) is 0 Å². The van der Waals surface area contributed by atoms with E-state index in [-0.39, 0.29) is 0 Å². The largest absolute Gasteiger partial charge is 0.384 e. The number of hydrogen-bond acceptors (Lipinski definition) is 3. The van der Waals surface area contributed by atoms with Crippen molar-refractivity contribution in [2.75, 3.05) is 11.9 Å². The average molecular weight is 173 g/mol. The van der Waals surface area contributed by atoms with Gasteiger partial charge in [0.25, 0.3) is 0 Å². The van der Waals surface area contributed by atoms with E-state index in [0.717, 1.165) is 23.3 Å². The standard InChI is InChI=1S/C10H11N3/c1-2-11-9-6-8-4-3-5-12-10(8)13-7-9/h3-7,11H,2H2,1H3. The minimum Gasteiger partial charge on any atom is -0.384 e. The Morgan fingerprint density at radius 1 is 1.38 bits per heavy atom. The summed E-state index contributed by atoms with van der Waals surface area (Å²) >= 11 is 0. The molecular formula is C10H11N3. The summed E-state index contributed by atoms with van der Waals surface area (Å²) in [5, 5.41) is 4.28. The molecule has 2 aromatic rings. The highest BCUT2D eigenvalue weighted by Crippen LogP contribution is 2.13. The van der Waals surface area contributed by atoms with Crippen LogP contribution in [0.5, 0.6) is 0 Å². The molecule has 0 bridgehead atoms. The summed E-state index contributed by atoms with van der Waals surface area (Å²) in [6.45, 7) is 2.97. The summed E-state index contributed by atoms with van der Waals surface area (Å²) in [6, 6.07) is 5.98. The first-order valence-electron chi connectivity index (χ1n) is 4.35. The van der Waals surface area contributed by atoms with E-state index in [1.165, 1.54) is 0 Å². The molecule has 0 unspecified atom stereocenters. The van der Waals surface area contributed by atoms with Gasteiger partial charge in [-0.3, -0.25) is 0 Å². The lowest BCUT2D eigenvalue weighted by atomic mass is 10.3. The molecule has 0 aliphatic heterocycles. The molecule has 2 rings (SSSR count). The second kappa shape index (κ2) is 3.39. The van der Waals surface area contributed by atoms with Crippen molar-refractivity contribution in [3.05, 3.63) is 30.6 Å². The maximum atomic E-state index is 4.23. The summed E-state index contributed by atoms with van der Waals surface area (Å²) < 4.78 is 0. The lowest BCUT2D eigenvalue weighted by Gasteiger charge is -2.02. The topological polar surface area (TPSA) is 37.8 Å². The van der Waals surface area contributed by atoms with E-state index >= 15 is 0 Å². The van der Waals surface area contributed by atoms with E-state index in [1.54, 1.807) is 12.4 Å². The molecular weight excluding hydrogens is 162 g/mol. The number of rotatable bonds is 2. The van der Waals surface area contributed by atoms with E-state index in [1.807, 2.05) is 12.1 Å². The Morgan fingerprint density at radius 3 is 3.15 bits per heavy atom. The van der Waals surface area contributed by atoms with Crippen LogP contribution in [0.4, 0.5) is 5.69 Å². The van der Waals surface area contributed by atoms with Crippen LogP contribution in [0.25, 0.3) is 11.0 Å². The summed E-state index contributed by atoms with van der Waals surface area (Å²) in [5.41, 5.74) is 1.84. The number of anilines is 1. The second-order valence-corrected chi connectivity index (χ2v) is 2.80. The molecule has 66 valence electrons. The highest BCUT2D eigenvalue weighted by molar-refractivity contribution is 5.77. The van der Waals surface area contributed by atoms with Gasteiger partial charge in [-0.25, -0.2) is 9.97 Å². The van der Waals surface area contributed by atoms with E-state index in [9.17, 15) is 0 Å². The first-order chi connectivity index (χ1) is 6.40. The molecule has 2 aromatic heterocycles. The Kier molecular flexibility index (Phi) is 2.08. The predicted octanol–water partition coefficient (Wildman–Crippen LogP) is 2.06. The normalized spacial score (nSPS) is 10.2. The molecule has 0 aliphatic carbocycles. The van der Waals surface area contributed by atoms with Gasteiger partial charge in [-0.15, -0.1) is 0 Å². The van der Waals surface area contributed by atoms with Crippen molar-refractivity contribution in [2.24, 2.45) is 0 Å². The Bertz CT molecular complexity index is 412. The number of pyridine rings is 2. The first kappa shape index (κ1) is 7.98. The van der Waals surface area contributed by atoms with Gasteiger partial charge in [-0.05, 0) is 25.1 Å². The van der Waals surface area contributed by atoms with Gasteiger partial charge < -0.3 is 5.32 Å². The molecule has 0 saturated carbocycles.